The second-order valence-corrected chi connectivity index (χ2v) is 15.2. The van der Waals surface area contributed by atoms with Crippen LogP contribution in [0.1, 0.15) is 51.4 Å². The topological polar surface area (TPSA) is 167 Å². The second kappa shape index (κ2) is 14.3. The molecule has 0 aliphatic carbocycles. The van der Waals surface area contributed by atoms with Crippen molar-refractivity contribution in [1.82, 2.24) is 19.9 Å². The van der Waals surface area contributed by atoms with E-state index in [0.29, 0.717) is 6.42 Å². The molecule has 1 atom stereocenters. The lowest BCUT2D eigenvalue weighted by molar-refractivity contribution is -0.287. The van der Waals surface area contributed by atoms with Crippen molar-refractivity contribution >= 4 is 50.4 Å². The van der Waals surface area contributed by atoms with E-state index in [4.69, 9.17) is 37.4 Å². The zero-order valence-electron chi connectivity index (χ0n) is 27.5. The fourth-order valence-electron chi connectivity index (χ4n) is 4.80. The Hall–Kier alpha value is -4.09. The molecule has 3 heterocycles. The minimum atomic E-state index is -3.91. The van der Waals surface area contributed by atoms with Gasteiger partial charge in [0.2, 0.25) is 11.2 Å². The summed E-state index contributed by atoms with van der Waals surface area (Å²) in [4.78, 5) is 16.9. The molecule has 13 nitrogen and oxygen atoms in total. The van der Waals surface area contributed by atoms with Crippen LogP contribution in [0, 0.1) is 0 Å². The van der Waals surface area contributed by atoms with Crippen LogP contribution in [0.25, 0.3) is 0 Å². The molecule has 1 aliphatic rings. The standard InChI is InChI=1S/C32H34Cl2F2N6O7S/c1-30(2,13-15-43)46-17-31(3,4)49-29-41-27(34)40-28(42-29)39-22-16-18(50(5,44)45)11-12-21(22)38-24(25-20(33)9-7-14-37-25)19-8-6-10-23-26(19)48-32(35,36)47-23/h6-12,14,16,24,38,43H,13,15,17H2,1-5H3,(H,39,40,41,42)/t24-/m0/s1. The fraction of sp³-hybridized carbons (Fsp3) is 0.375. The number of anilines is 3. The zero-order valence-corrected chi connectivity index (χ0v) is 29.8. The summed E-state index contributed by atoms with van der Waals surface area (Å²) < 4.78 is 75.1. The van der Waals surface area contributed by atoms with Crippen molar-refractivity contribution in [1.29, 1.82) is 0 Å². The van der Waals surface area contributed by atoms with E-state index >= 15 is 0 Å². The highest BCUT2D eigenvalue weighted by Crippen LogP contribution is 2.48. The predicted molar refractivity (Wildman–Crippen MR) is 181 cm³/mol. The number of ether oxygens (including phenoxy) is 4. The summed E-state index contributed by atoms with van der Waals surface area (Å²) in [7, 11) is -3.71. The number of para-hydroxylation sites is 1. The third-order valence-electron chi connectivity index (χ3n) is 7.28. The highest BCUT2D eigenvalue weighted by atomic mass is 35.5. The molecule has 0 unspecified atom stereocenters. The van der Waals surface area contributed by atoms with Crippen LogP contribution in [-0.4, -0.2) is 70.4 Å². The Morgan fingerprint density at radius 2 is 1.76 bits per heavy atom. The van der Waals surface area contributed by atoms with E-state index < -0.39 is 33.4 Å². The highest BCUT2D eigenvalue weighted by molar-refractivity contribution is 7.90. The summed E-state index contributed by atoms with van der Waals surface area (Å²) in [6, 6.07) is 10.5. The molecular formula is C32H34Cl2F2N6O7S. The van der Waals surface area contributed by atoms with E-state index in [1.807, 2.05) is 13.8 Å². The number of halogens is 4. The molecule has 5 rings (SSSR count). The summed E-state index contributed by atoms with van der Waals surface area (Å²) in [6.45, 7) is 7.23. The van der Waals surface area contributed by atoms with E-state index in [-0.39, 0.29) is 74.5 Å². The molecule has 3 N–H and O–H groups in total. The monoisotopic (exact) mass is 754 g/mol. The van der Waals surface area contributed by atoms with Crippen LogP contribution in [0.3, 0.4) is 0 Å². The zero-order chi connectivity index (χ0) is 36.5. The molecule has 18 heteroatoms. The number of pyridine rings is 1. The van der Waals surface area contributed by atoms with Crippen molar-refractivity contribution in [3.63, 3.8) is 0 Å². The van der Waals surface area contributed by atoms with Crippen molar-refractivity contribution in [2.45, 2.75) is 62.5 Å². The van der Waals surface area contributed by atoms with Gasteiger partial charge in [0.15, 0.2) is 21.3 Å². The van der Waals surface area contributed by atoms with Gasteiger partial charge in [0.25, 0.3) is 0 Å². The molecule has 0 saturated carbocycles. The predicted octanol–water partition coefficient (Wildman–Crippen LogP) is 6.58. The normalized spacial score (nSPS) is 14.7. The molecule has 50 heavy (non-hydrogen) atoms. The van der Waals surface area contributed by atoms with Gasteiger partial charge in [-0.1, -0.05) is 23.7 Å². The number of rotatable bonds is 14. The first-order valence-electron chi connectivity index (χ1n) is 15.1. The number of benzene rings is 2. The molecule has 2 aromatic carbocycles. The molecule has 0 amide bonds. The molecule has 0 saturated heterocycles. The third kappa shape index (κ3) is 9.17. The number of nitrogens with zero attached hydrogens (tertiary/aromatic N) is 4. The number of nitrogens with one attached hydrogen (secondary N) is 2. The van der Waals surface area contributed by atoms with Gasteiger partial charge in [0, 0.05) is 24.6 Å². The molecule has 1 aliphatic heterocycles. The molecule has 0 fully saturated rings. The average Bonchev–Trinajstić information content (AvgIpc) is 3.33. The van der Waals surface area contributed by atoms with Crippen LogP contribution in [0.15, 0.2) is 59.6 Å². The summed E-state index contributed by atoms with van der Waals surface area (Å²) >= 11 is 12.8. The largest absolute Gasteiger partial charge is 0.586 e. The maximum absolute atomic E-state index is 14.2. The van der Waals surface area contributed by atoms with Crippen molar-refractivity contribution in [2.75, 3.05) is 30.1 Å². The number of fused-ring (bicyclic) bond motifs is 1. The van der Waals surface area contributed by atoms with Gasteiger partial charge >= 0.3 is 12.3 Å². The first-order chi connectivity index (χ1) is 23.3. The first-order valence-corrected chi connectivity index (χ1v) is 17.7. The lowest BCUT2D eigenvalue weighted by Crippen LogP contribution is -2.39. The fourth-order valence-corrected chi connectivity index (χ4v) is 5.83. The second-order valence-electron chi connectivity index (χ2n) is 12.5. The summed E-state index contributed by atoms with van der Waals surface area (Å²) in [5, 5.41) is 15.5. The van der Waals surface area contributed by atoms with Gasteiger partial charge in [-0.2, -0.15) is 15.0 Å². The maximum Gasteiger partial charge on any atom is 0.586 e. The molecular weight excluding hydrogens is 721 g/mol. The van der Waals surface area contributed by atoms with Crippen LogP contribution in [-0.2, 0) is 14.6 Å². The van der Waals surface area contributed by atoms with E-state index in [1.54, 1.807) is 26.0 Å². The number of hydrogen-bond donors (Lipinski definition) is 3. The number of aliphatic hydroxyl groups is 1. The highest BCUT2D eigenvalue weighted by Gasteiger charge is 2.45. The Bertz CT molecular complexity index is 1990. The minimum absolute atomic E-state index is 0.0505. The van der Waals surface area contributed by atoms with E-state index in [9.17, 15) is 22.3 Å². The van der Waals surface area contributed by atoms with E-state index in [1.165, 1.54) is 42.6 Å². The summed E-state index contributed by atoms with van der Waals surface area (Å²) in [6.07, 6.45) is -0.983. The van der Waals surface area contributed by atoms with Crippen molar-refractivity contribution in [3.05, 3.63) is 76.3 Å². The van der Waals surface area contributed by atoms with Crippen LogP contribution in [0.2, 0.25) is 10.3 Å². The molecule has 0 bridgehead atoms. The first kappa shape index (κ1) is 37.2. The van der Waals surface area contributed by atoms with E-state index in [0.717, 1.165) is 6.26 Å². The average molecular weight is 756 g/mol. The lowest BCUT2D eigenvalue weighted by Gasteiger charge is -2.31. The molecule has 4 aromatic rings. The Labute approximate surface area is 297 Å². The number of aliphatic hydroxyl groups excluding tert-OH is 1. The van der Waals surface area contributed by atoms with Crippen molar-refractivity contribution in [2.24, 2.45) is 0 Å². The maximum atomic E-state index is 14.2. The van der Waals surface area contributed by atoms with Gasteiger partial charge in [-0.3, -0.25) is 4.98 Å². The van der Waals surface area contributed by atoms with Crippen molar-refractivity contribution < 1.29 is 41.3 Å². The molecule has 2 aromatic heterocycles. The Balaban J connectivity index is 1.53. The molecule has 0 spiro atoms. The smallest absolute Gasteiger partial charge is 0.455 e. The van der Waals surface area contributed by atoms with Gasteiger partial charge in [-0.25, -0.2) is 8.42 Å². The van der Waals surface area contributed by atoms with Gasteiger partial charge in [0.1, 0.15) is 5.60 Å². The van der Waals surface area contributed by atoms with Crippen LogP contribution in [0.4, 0.5) is 26.1 Å². The van der Waals surface area contributed by atoms with Gasteiger partial charge in [0.05, 0.1) is 45.2 Å². The number of alkyl halides is 2. The van der Waals surface area contributed by atoms with Gasteiger partial charge < -0.3 is 34.7 Å². The Morgan fingerprint density at radius 3 is 2.46 bits per heavy atom. The van der Waals surface area contributed by atoms with Gasteiger partial charge in [-0.05, 0) is 82.1 Å². The Kier molecular flexibility index (Phi) is 10.6. The number of aromatic nitrogens is 4. The Morgan fingerprint density at radius 1 is 1.00 bits per heavy atom. The van der Waals surface area contributed by atoms with Crippen LogP contribution in [0.5, 0.6) is 17.5 Å². The number of sulfone groups is 1. The van der Waals surface area contributed by atoms with Crippen LogP contribution >= 0.6 is 23.2 Å². The molecule has 0 radical (unpaired) electrons. The van der Waals surface area contributed by atoms with Crippen molar-refractivity contribution in [3.8, 4) is 17.5 Å². The minimum Gasteiger partial charge on any atom is -0.455 e. The third-order valence-corrected chi connectivity index (χ3v) is 8.87. The molecule has 268 valence electrons. The SMILES string of the molecule is CC(C)(CCO)OCC(C)(C)Oc1nc(Cl)nc(Nc2cc(S(C)(=O)=O)ccc2N[C@@H](c2cccc3c2OC(F)(F)O3)c2ncccc2Cl)n1. The van der Waals surface area contributed by atoms with Gasteiger partial charge in [-0.15, -0.1) is 8.78 Å². The summed E-state index contributed by atoms with van der Waals surface area (Å²) in [5.74, 6) is -0.554. The lowest BCUT2D eigenvalue weighted by atomic mass is 10.0. The van der Waals surface area contributed by atoms with Crippen LogP contribution < -0.4 is 24.8 Å². The summed E-state index contributed by atoms with van der Waals surface area (Å²) in [5.41, 5.74) is -0.739. The quantitative estimate of drug-likeness (QED) is 0.126. The number of hydrogen-bond acceptors (Lipinski definition) is 13. The van der Waals surface area contributed by atoms with E-state index in [2.05, 4.69) is 35.3 Å².